The van der Waals surface area contributed by atoms with Crippen molar-refractivity contribution in [1.29, 1.82) is 0 Å². The first-order chi connectivity index (χ1) is 11.9. The molecular weight excluding hydrogens is 314 g/mol. The van der Waals surface area contributed by atoms with Crippen molar-refractivity contribution in [2.75, 3.05) is 0 Å². The normalized spacial score (nSPS) is 19.0. The first-order valence-electron chi connectivity index (χ1n) is 8.20. The molecule has 25 heavy (non-hydrogen) atoms. The number of hydrogen-bond donors (Lipinski definition) is 1. The molecule has 1 N–H and O–H groups in total. The van der Waals surface area contributed by atoms with Gasteiger partial charge in [-0.15, -0.1) is 6.58 Å². The van der Waals surface area contributed by atoms with E-state index in [1.807, 2.05) is 20.8 Å². The van der Waals surface area contributed by atoms with Crippen LogP contribution in [0, 0.1) is 26.7 Å². The van der Waals surface area contributed by atoms with E-state index in [9.17, 15) is 4.79 Å². The molecule has 0 saturated heterocycles. The predicted octanol–water partition coefficient (Wildman–Crippen LogP) is 3.33. The van der Waals surface area contributed by atoms with Gasteiger partial charge in [-0.05, 0) is 45.7 Å². The third kappa shape index (κ3) is 3.33. The van der Waals surface area contributed by atoms with Gasteiger partial charge in [0, 0.05) is 11.1 Å². The lowest BCUT2D eigenvalue weighted by Crippen LogP contribution is -2.42. The maximum Gasteiger partial charge on any atom is 0.253 e. The van der Waals surface area contributed by atoms with Gasteiger partial charge >= 0.3 is 0 Å². The minimum Gasteiger partial charge on any atom is -0.294 e. The average molecular weight is 335 g/mol. The minimum atomic E-state index is -0.291. The van der Waals surface area contributed by atoms with Crippen molar-refractivity contribution in [2.45, 2.75) is 34.1 Å². The van der Waals surface area contributed by atoms with Crippen LogP contribution in [0.1, 0.15) is 30.2 Å². The highest BCUT2D eigenvalue weighted by Crippen LogP contribution is 2.23. The van der Waals surface area contributed by atoms with Gasteiger partial charge in [0.1, 0.15) is 0 Å². The largest absolute Gasteiger partial charge is 0.294 e. The molecule has 1 atom stereocenters. The molecule has 0 saturated carbocycles. The van der Waals surface area contributed by atoms with E-state index in [-0.39, 0.29) is 17.8 Å². The van der Waals surface area contributed by atoms with Crippen LogP contribution in [0.4, 0.5) is 5.95 Å². The van der Waals surface area contributed by atoms with Crippen LogP contribution in [-0.4, -0.2) is 27.5 Å². The van der Waals surface area contributed by atoms with Crippen molar-refractivity contribution in [1.82, 2.24) is 15.3 Å². The third-order valence-electron chi connectivity index (χ3n) is 4.26. The van der Waals surface area contributed by atoms with Crippen LogP contribution in [0.5, 0.6) is 0 Å². The number of nitrogens with zero attached hydrogens (tertiary/aromatic N) is 4. The van der Waals surface area contributed by atoms with Crippen LogP contribution in [-0.2, 0) is 4.79 Å². The first-order valence-corrected chi connectivity index (χ1v) is 8.20. The summed E-state index contributed by atoms with van der Waals surface area (Å²) in [4.78, 5) is 29.9. The molecule has 2 aromatic rings. The number of guanidine groups is 1. The molecule has 1 aromatic heterocycles. The Bertz CT molecular complexity index is 942. The molecule has 1 aliphatic heterocycles. The highest BCUT2D eigenvalue weighted by molar-refractivity contribution is 6.17. The smallest absolute Gasteiger partial charge is 0.253 e. The van der Waals surface area contributed by atoms with E-state index in [0.29, 0.717) is 18.1 Å². The van der Waals surface area contributed by atoms with Crippen LogP contribution < -0.4 is 5.32 Å². The molecule has 0 radical (unpaired) electrons. The van der Waals surface area contributed by atoms with Crippen molar-refractivity contribution in [3.63, 3.8) is 0 Å². The van der Waals surface area contributed by atoms with E-state index in [1.54, 1.807) is 6.08 Å². The maximum absolute atomic E-state index is 12.2. The molecule has 1 amide bonds. The highest BCUT2D eigenvalue weighted by atomic mass is 16.2. The fourth-order valence-corrected chi connectivity index (χ4v) is 3.02. The van der Waals surface area contributed by atoms with Crippen molar-refractivity contribution in [3.05, 3.63) is 41.6 Å². The fraction of sp³-hybridized carbons (Fsp3) is 0.316. The number of carbonyl (C=O) groups excluding carboxylic acids is 1. The second-order valence-electron chi connectivity index (χ2n) is 6.34. The van der Waals surface area contributed by atoms with Gasteiger partial charge in [0.25, 0.3) is 5.95 Å². The molecule has 3 rings (SSSR count). The Morgan fingerprint density at radius 2 is 2.00 bits per heavy atom. The highest BCUT2D eigenvalue weighted by Gasteiger charge is 2.26. The van der Waals surface area contributed by atoms with E-state index >= 15 is 0 Å². The van der Waals surface area contributed by atoms with Crippen LogP contribution in [0.15, 0.2) is 34.8 Å². The van der Waals surface area contributed by atoms with Gasteiger partial charge < -0.3 is 0 Å². The summed E-state index contributed by atoms with van der Waals surface area (Å²) in [5, 5.41) is 3.73. The summed E-state index contributed by atoms with van der Waals surface area (Å²) in [6.07, 6.45) is 2.27. The number of fused-ring (bicyclic) bond motifs is 1. The van der Waals surface area contributed by atoms with E-state index in [1.165, 1.54) is 5.56 Å². The summed E-state index contributed by atoms with van der Waals surface area (Å²) in [5.41, 5.74) is 4.67. The lowest BCUT2D eigenvalue weighted by molar-refractivity contribution is -0.121. The van der Waals surface area contributed by atoms with Gasteiger partial charge in [-0.3, -0.25) is 10.1 Å². The molecule has 1 aliphatic rings. The number of benzene rings is 1. The van der Waals surface area contributed by atoms with Crippen LogP contribution in [0.3, 0.4) is 0 Å². The molecule has 1 unspecified atom stereocenters. The van der Waals surface area contributed by atoms with E-state index in [2.05, 4.69) is 50.9 Å². The number of hydrogen-bond acceptors (Lipinski definition) is 4. The number of carbonyl (C=O) groups is 1. The van der Waals surface area contributed by atoms with Crippen molar-refractivity contribution < 1.29 is 4.79 Å². The Morgan fingerprint density at radius 3 is 2.68 bits per heavy atom. The average Bonchev–Trinajstić information content (AvgIpc) is 2.52. The molecule has 0 aliphatic carbocycles. The van der Waals surface area contributed by atoms with Gasteiger partial charge in [-0.25, -0.2) is 15.0 Å². The molecular formula is C19H21N5O. The second-order valence-corrected chi connectivity index (χ2v) is 6.34. The van der Waals surface area contributed by atoms with Gasteiger partial charge in [0.2, 0.25) is 11.9 Å². The monoisotopic (exact) mass is 335 g/mol. The minimum absolute atomic E-state index is 0.129. The zero-order valence-corrected chi connectivity index (χ0v) is 14.9. The summed E-state index contributed by atoms with van der Waals surface area (Å²) in [6, 6.07) is 4.15. The van der Waals surface area contributed by atoms with Gasteiger partial charge in [-0.2, -0.15) is 4.99 Å². The Labute approximate surface area is 146 Å². The third-order valence-corrected chi connectivity index (χ3v) is 4.26. The number of amides is 1. The van der Waals surface area contributed by atoms with Gasteiger partial charge in [-0.1, -0.05) is 17.7 Å². The molecule has 0 spiro atoms. The zero-order valence-electron chi connectivity index (χ0n) is 14.9. The number of allylic oxidation sites excluding steroid dienone is 1. The molecule has 128 valence electrons. The lowest BCUT2D eigenvalue weighted by Gasteiger charge is -2.20. The number of nitrogens with one attached hydrogen (secondary N) is 1. The number of rotatable bonds is 3. The van der Waals surface area contributed by atoms with Gasteiger partial charge in [0.15, 0.2) is 0 Å². The Hall–Kier alpha value is -2.89. The van der Waals surface area contributed by atoms with Crippen molar-refractivity contribution in [2.24, 2.45) is 15.9 Å². The molecule has 1 aromatic carbocycles. The standard InChI is InChI=1S/C19H21N5O/c1-6-7-14-12(4)20-19(23-17(14)25)24-18-21-13(5)15-9-10(2)8-11(3)16(15)22-18/h6,8-9,14H,1,7H2,2-5H3,(H,21,22,23,24,25). The summed E-state index contributed by atoms with van der Waals surface area (Å²) >= 11 is 0. The van der Waals surface area contributed by atoms with E-state index in [0.717, 1.165) is 22.2 Å². The predicted molar refractivity (Wildman–Crippen MR) is 100 cm³/mol. The van der Waals surface area contributed by atoms with Gasteiger partial charge in [0.05, 0.1) is 17.1 Å². The number of aryl methyl sites for hydroxylation is 3. The Kier molecular flexibility index (Phi) is 4.44. The number of aromatic nitrogens is 2. The molecule has 6 nitrogen and oxygen atoms in total. The topological polar surface area (TPSA) is 79.6 Å². The van der Waals surface area contributed by atoms with Crippen LogP contribution in [0.25, 0.3) is 10.9 Å². The SMILES string of the molecule is C=CCC1C(=O)N/C(=N\c2nc(C)c3cc(C)cc(C)c3n2)N=C1C. The summed E-state index contributed by atoms with van der Waals surface area (Å²) < 4.78 is 0. The zero-order chi connectivity index (χ0) is 18.1. The maximum atomic E-state index is 12.2. The van der Waals surface area contributed by atoms with E-state index in [4.69, 9.17) is 0 Å². The molecule has 0 bridgehead atoms. The molecule has 6 heteroatoms. The Morgan fingerprint density at radius 1 is 1.24 bits per heavy atom. The van der Waals surface area contributed by atoms with Crippen LogP contribution >= 0.6 is 0 Å². The lowest BCUT2D eigenvalue weighted by atomic mass is 9.98. The van der Waals surface area contributed by atoms with Crippen LogP contribution in [0.2, 0.25) is 0 Å². The summed E-state index contributed by atoms with van der Waals surface area (Å²) in [6.45, 7) is 11.5. The van der Waals surface area contributed by atoms with Crippen molar-refractivity contribution in [3.8, 4) is 0 Å². The Balaban J connectivity index is 2.05. The summed E-state index contributed by atoms with van der Waals surface area (Å²) in [7, 11) is 0. The quantitative estimate of drug-likeness (QED) is 0.874. The number of aliphatic imine (C=N–C) groups is 2. The molecule has 0 fully saturated rings. The molecule has 2 heterocycles. The van der Waals surface area contributed by atoms with Crippen molar-refractivity contribution >= 4 is 34.4 Å². The first kappa shape index (κ1) is 17.0. The second kappa shape index (κ2) is 6.55. The van der Waals surface area contributed by atoms with E-state index < -0.39 is 0 Å². The fourth-order valence-electron chi connectivity index (χ4n) is 3.02. The summed E-state index contributed by atoms with van der Waals surface area (Å²) in [5.74, 6) is 0.105.